The predicted octanol–water partition coefficient (Wildman–Crippen LogP) is 3.08. The Morgan fingerprint density at radius 1 is 1.21 bits per heavy atom. The SMILES string of the molecule is CC(OC(=O)/C=C/c1ccc(OCC#N)cc1)C(=O)Nc1ccc([N+](=O)[O-])cc1. The Hall–Kier alpha value is -4.19. The van der Waals surface area contributed by atoms with Crippen LogP contribution in [0.3, 0.4) is 0 Å². The first kappa shape index (κ1) is 21.1. The summed E-state index contributed by atoms with van der Waals surface area (Å²) >= 11 is 0. The van der Waals surface area contributed by atoms with Crippen molar-refractivity contribution in [2.75, 3.05) is 11.9 Å². The Kier molecular flexibility index (Phi) is 7.44. The highest BCUT2D eigenvalue weighted by atomic mass is 16.6. The Labute approximate surface area is 166 Å². The Balaban J connectivity index is 1.85. The van der Waals surface area contributed by atoms with Crippen molar-refractivity contribution in [3.8, 4) is 11.8 Å². The second-order valence-electron chi connectivity index (χ2n) is 5.72. The summed E-state index contributed by atoms with van der Waals surface area (Å²) in [5, 5.41) is 21.6. The summed E-state index contributed by atoms with van der Waals surface area (Å²) in [7, 11) is 0. The van der Waals surface area contributed by atoms with Crippen LogP contribution in [0.4, 0.5) is 11.4 Å². The third kappa shape index (κ3) is 6.80. The number of rotatable bonds is 8. The molecule has 0 saturated heterocycles. The molecule has 0 spiro atoms. The summed E-state index contributed by atoms with van der Waals surface area (Å²) < 4.78 is 10.2. The minimum absolute atomic E-state index is 0.0542. The van der Waals surface area contributed by atoms with E-state index < -0.39 is 22.9 Å². The van der Waals surface area contributed by atoms with Crippen LogP contribution >= 0.6 is 0 Å². The second kappa shape index (κ2) is 10.2. The number of anilines is 1. The van der Waals surface area contributed by atoms with E-state index in [1.807, 2.05) is 6.07 Å². The number of hydrogen-bond acceptors (Lipinski definition) is 7. The number of esters is 1. The molecule has 9 heteroatoms. The van der Waals surface area contributed by atoms with E-state index in [2.05, 4.69) is 5.32 Å². The van der Waals surface area contributed by atoms with Gasteiger partial charge in [0.2, 0.25) is 0 Å². The third-order valence-electron chi connectivity index (χ3n) is 3.60. The molecule has 0 aliphatic rings. The van der Waals surface area contributed by atoms with E-state index in [1.54, 1.807) is 24.3 Å². The lowest BCUT2D eigenvalue weighted by atomic mass is 10.2. The molecule has 0 bridgehead atoms. The smallest absolute Gasteiger partial charge is 0.331 e. The summed E-state index contributed by atoms with van der Waals surface area (Å²) in [6.07, 6.45) is 1.63. The van der Waals surface area contributed by atoms with Crippen molar-refractivity contribution in [1.29, 1.82) is 5.26 Å². The van der Waals surface area contributed by atoms with Gasteiger partial charge in [0.05, 0.1) is 4.92 Å². The summed E-state index contributed by atoms with van der Waals surface area (Å²) in [6.45, 7) is 1.36. The Morgan fingerprint density at radius 2 is 1.86 bits per heavy atom. The average Bonchev–Trinajstić information content (AvgIpc) is 2.71. The van der Waals surface area contributed by atoms with Gasteiger partial charge in [0.25, 0.3) is 11.6 Å². The van der Waals surface area contributed by atoms with Gasteiger partial charge < -0.3 is 14.8 Å². The van der Waals surface area contributed by atoms with E-state index in [9.17, 15) is 19.7 Å². The molecule has 2 aromatic rings. The van der Waals surface area contributed by atoms with E-state index in [0.29, 0.717) is 17.0 Å². The number of nitrogens with one attached hydrogen (secondary N) is 1. The third-order valence-corrected chi connectivity index (χ3v) is 3.60. The number of amides is 1. The molecule has 1 amide bonds. The molecule has 0 heterocycles. The molecule has 1 atom stereocenters. The van der Waals surface area contributed by atoms with Gasteiger partial charge in [-0.25, -0.2) is 4.79 Å². The number of nitro groups is 1. The zero-order chi connectivity index (χ0) is 21.2. The summed E-state index contributed by atoms with van der Waals surface area (Å²) in [5.41, 5.74) is 0.948. The highest BCUT2D eigenvalue weighted by molar-refractivity contribution is 5.96. The fourth-order valence-electron chi connectivity index (χ4n) is 2.13. The normalized spacial score (nSPS) is 11.3. The molecule has 1 unspecified atom stereocenters. The van der Waals surface area contributed by atoms with Crippen LogP contribution in [0.5, 0.6) is 5.75 Å². The number of ether oxygens (including phenoxy) is 2. The molecule has 0 fully saturated rings. The lowest BCUT2D eigenvalue weighted by molar-refractivity contribution is -0.384. The van der Waals surface area contributed by atoms with Crippen LogP contribution < -0.4 is 10.1 Å². The fourth-order valence-corrected chi connectivity index (χ4v) is 2.13. The number of nitriles is 1. The van der Waals surface area contributed by atoms with Gasteiger partial charge in [-0.1, -0.05) is 12.1 Å². The number of benzene rings is 2. The van der Waals surface area contributed by atoms with E-state index in [1.165, 1.54) is 43.3 Å². The minimum atomic E-state index is -1.07. The van der Waals surface area contributed by atoms with Crippen molar-refractivity contribution in [3.05, 3.63) is 70.3 Å². The highest BCUT2D eigenvalue weighted by Crippen LogP contribution is 2.16. The maximum atomic E-state index is 12.1. The van der Waals surface area contributed by atoms with Crippen LogP contribution in [0.2, 0.25) is 0 Å². The number of carbonyl (C=O) groups is 2. The van der Waals surface area contributed by atoms with Gasteiger partial charge in [-0.05, 0) is 42.8 Å². The van der Waals surface area contributed by atoms with Gasteiger partial charge in [0.1, 0.15) is 11.8 Å². The minimum Gasteiger partial charge on any atom is -0.479 e. The van der Waals surface area contributed by atoms with Gasteiger partial charge in [-0.15, -0.1) is 0 Å². The molecule has 0 radical (unpaired) electrons. The number of nitrogens with zero attached hydrogens (tertiary/aromatic N) is 2. The number of hydrogen-bond donors (Lipinski definition) is 1. The quantitative estimate of drug-likeness (QED) is 0.314. The van der Waals surface area contributed by atoms with Crippen molar-refractivity contribution in [2.24, 2.45) is 0 Å². The van der Waals surface area contributed by atoms with E-state index in [0.717, 1.165) is 0 Å². The number of non-ortho nitro benzene ring substituents is 1. The predicted molar refractivity (Wildman–Crippen MR) is 104 cm³/mol. The molecule has 9 nitrogen and oxygen atoms in total. The van der Waals surface area contributed by atoms with Gasteiger partial charge in [0, 0.05) is 23.9 Å². The first-order chi connectivity index (χ1) is 13.9. The number of nitro benzene ring substituents is 1. The van der Waals surface area contributed by atoms with Crippen molar-refractivity contribution < 1.29 is 24.0 Å². The Morgan fingerprint density at radius 3 is 2.45 bits per heavy atom. The Bertz CT molecular complexity index is 946. The molecule has 0 aromatic heterocycles. The largest absolute Gasteiger partial charge is 0.479 e. The molecular formula is C20H17N3O6. The summed E-state index contributed by atoms with van der Waals surface area (Å²) in [5.74, 6) is -0.747. The fraction of sp³-hybridized carbons (Fsp3) is 0.150. The molecule has 0 aliphatic heterocycles. The molecule has 1 N–H and O–H groups in total. The second-order valence-corrected chi connectivity index (χ2v) is 5.72. The highest BCUT2D eigenvalue weighted by Gasteiger charge is 2.17. The van der Waals surface area contributed by atoms with Crippen LogP contribution in [0.15, 0.2) is 54.6 Å². The van der Waals surface area contributed by atoms with Gasteiger partial charge in [0.15, 0.2) is 12.7 Å². The van der Waals surface area contributed by atoms with Crippen molar-refractivity contribution >= 4 is 29.3 Å². The van der Waals surface area contributed by atoms with Crippen LogP contribution in [0.1, 0.15) is 12.5 Å². The van der Waals surface area contributed by atoms with Gasteiger partial charge >= 0.3 is 5.97 Å². The first-order valence-electron chi connectivity index (χ1n) is 8.43. The van der Waals surface area contributed by atoms with Crippen molar-refractivity contribution in [3.63, 3.8) is 0 Å². The standard InChI is InChI=1S/C20H17N3O6/c1-14(20(25)22-16-5-7-17(8-6-16)23(26)27)29-19(24)11-4-15-2-9-18(10-3-15)28-13-12-21/h2-11,14H,13H2,1H3,(H,22,25)/b11-4+. The van der Waals surface area contributed by atoms with Crippen molar-refractivity contribution in [1.82, 2.24) is 0 Å². The summed E-state index contributed by atoms with van der Waals surface area (Å²) in [4.78, 5) is 34.0. The van der Waals surface area contributed by atoms with Crippen molar-refractivity contribution in [2.45, 2.75) is 13.0 Å². The lowest BCUT2D eigenvalue weighted by Crippen LogP contribution is -2.29. The molecule has 2 rings (SSSR count). The van der Waals surface area contributed by atoms with Crippen LogP contribution in [0, 0.1) is 21.4 Å². The molecule has 148 valence electrons. The molecule has 2 aromatic carbocycles. The van der Waals surface area contributed by atoms with Crippen LogP contribution in [-0.4, -0.2) is 29.5 Å². The zero-order valence-corrected chi connectivity index (χ0v) is 15.4. The molecular weight excluding hydrogens is 378 g/mol. The van der Waals surface area contributed by atoms with Gasteiger partial charge in [-0.2, -0.15) is 5.26 Å². The van der Waals surface area contributed by atoms with E-state index in [-0.39, 0.29) is 12.3 Å². The zero-order valence-electron chi connectivity index (χ0n) is 15.4. The topological polar surface area (TPSA) is 132 Å². The van der Waals surface area contributed by atoms with E-state index in [4.69, 9.17) is 14.7 Å². The van der Waals surface area contributed by atoms with Gasteiger partial charge in [-0.3, -0.25) is 14.9 Å². The molecule has 29 heavy (non-hydrogen) atoms. The monoisotopic (exact) mass is 395 g/mol. The molecule has 0 aliphatic carbocycles. The summed E-state index contributed by atoms with van der Waals surface area (Å²) in [6, 6.07) is 13.8. The van der Waals surface area contributed by atoms with E-state index >= 15 is 0 Å². The average molecular weight is 395 g/mol. The van der Waals surface area contributed by atoms with Crippen LogP contribution in [-0.2, 0) is 14.3 Å². The number of carbonyl (C=O) groups excluding carboxylic acids is 2. The molecule has 0 saturated carbocycles. The lowest BCUT2D eigenvalue weighted by Gasteiger charge is -2.12. The van der Waals surface area contributed by atoms with Crippen LogP contribution in [0.25, 0.3) is 6.08 Å². The first-order valence-corrected chi connectivity index (χ1v) is 8.43. The maximum Gasteiger partial charge on any atom is 0.331 e. The maximum absolute atomic E-state index is 12.1.